The maximum Gasteiger partial charge on any atom is 1.00 e. The first kappa shape index (κ1) is 16.6. The Morgan fingerprint density at radius 2 is 1.44 bits per heavy atom. The van der Waals surface area contributed by atoms with Crippen LogP contribution in [0, 0.1) is 0 Å². The van der Waals surface area contributed by atoms with Crippen LogP contribution in [-0.4, -0.2) is 5.11 Å². The van der Waals surface area contributed by atoms with Crippen LogP contribution in [0.15, 0.2) is 36.4 Å². The van der Waals surface area contributed by atoms with Gasteiger partial charge in [0, 0.05) is 16.1 Å². The number of aromatic hydroxyl groups is 1. The molecule has 2 aromatic rings. The van der Waals surface area contributed by atoms with Crippen LogP contribution in [0.3, 0.4) is 0 Å². The van der Waals surface area contributed by atoms with Gasteiger partial charge in [0.2, 0.25) is 0 Å². The molecule has 0 bridgehead atoms. The first-order valence-electron chi connectivity index (χ1n) is 4.67. The summed E-state index contributed by atoms with van der Waals surface area (Å²) < 4.78 is 5.45. The number of rotatable bonds is 2. The molecule has 0 radical (unpaired) electrons. The minimum Gasteiger partial charge on any atom is -1.00 e. The van der Waals surface area contributed by atoms with Gasteiger partial charge < -0.3 is 11.3 Å². The average Bonchev–Trinajstić information content (AvgIpc) is 2.25. The standard InChI is InChI=1S/C12H7Cl3O2.K.H/c13-7-1-3-11(9(15)5-7)17-12-4-2-8(14)6-10(12)16;;/h1-6,16H;;/q;+1;-1. The molecule has 0 atom stereocenters. The van der Waals surface area contributed by atoms with Gasteiger partial charge in [-0.1, -0.05) is 34.8 Å². The summed E-state index contributed by atoms with van der Waals surface area (Å²) in [7, 11) is 0. The fraction of sp³-hybridized carbons (Fsp3) is 0. The summed E-state index contributed by atoms with van der Waals surface area (Å²) in [5.74, 6) is 0.635. The molecule has 0 aliphatic rings. The van der Waals surface area contributed by atoms with Crippen LogP contribution in [-0.2, 0) is 0 Å². The van der Waals surface area contributed by atoms with E-state index in [9.17, 15) is 5.11 Å². The van der Waals surface area contributed by atoms with Crippen LogP contribution in [0.4, 0.5) is 0 Å². The van der Waals surface area contributed by atoms with Crippen LogP contribution >= 0.6 is 34.8 Å². The molecule has 0 saturated carbocycles. The Bertz CT molecular complexity index is 517. The summed E-state index contributed by atoms with van der Waals surface area (Å²) in [5, 5.41) is 10.9. The Labute approximate surface area is 164 Å². The van der Waals surface area contributed by atoms with E-state index in [1.807, 2.05) is 0 Å². The fourth-order valence-electron chi connectivity index (χ4n) is 1.25. The van der Waals surface area contributed by atoms with Crippen molar-refractivity contribution >= 4 is 34.8 Å². The topological polar surface area (TPSA) is 29.5 Å². The van der Waals surface area contributed by atoms with Gasteiger partial charge in [-0.3, -0.25) is 0 Å². The van der Waals surface area contributed by atoms with Gasteiger partial charge in [0.25, 0.3) is 0 Å². The molecular formula is C12H8Cl3KO2. The molecule has 2 nitrogen and oxygen atoms in total. The van der Waals surface area contributed by atoms with E-state index in [1.165, 1.54) is 6.07 Å². The van der Waals surface area contributed by atoms with E-state index in [4.69, 9.17) is 39.5 Å². The molecule has 0 aliphatic carbocycles. The molecule has 0 spiro atoms. The van der Waals surface area contributed by atoms with Crippen molar-refractivity contribution in [2.75, 3.05) is 0 Å². The molecule has 18 heavy (non-hydrogen) atoms. The third kappa shape index (κ3) is 4.29. The number of ether oxygens (including phenoxy) is 1. The van der Waals surface area contributed by atoms with Crippen molar-refractivity contribution in [3.05, 3.63) is 51.5 Å². The van der Waals surface area contributed by atoms with Crippen LogP contribution in [0.1, 0.15) is 1.43 Å². The molecule has 6 heteroatoms. The predicted molar refractivity (Wildman–Crippen MR) is 70.8 cm³/mol. The Kier molecular flexibility index (Phi) is 6.79. The number of phenolic OH excluding ortho intramolecular Hbond substituents is 1. The second kappa shape index (κ2) is 7.36. The van der Waals surface area contributed by atoms with Crippen LogP contribution in [0.2, 0.25) is 15.1 Å². The average molecular weight is 330 g/mol. The minimum absolute atomic E-state index is 0. The molecule has 90 valence electrons. The molecule has 0 heterocycles. The summed E-state index contributed by atoms with van der Waals surface area (Å²) >= 11 is 17.4. The molecule has 0 saturated heterocycles. The van der Waals surface area contributed by atoms with Gasteiger partial charge in [-0.25, -0.2) is 0 Å². The van der Waals surface area contributed by atoms with Gasteiger partial charge in [0.15, 0.2) is 11.5 Å². The maximum atomic E-state index is 9.62. The van der Waals surface area contributed by atoms with E-state index in [2.05, 4.69) is 0 Å². The van der Waals surface area contributed by atoms with Crippen molar-refractivity contribution < 1.29 is 62.7 Å². The summed E-state index contributed by atoms with van der Waals surface area (Å²) in [4.78, 5) is 0. The second-order valence-corrected chi connectivity index (χ2v) is 4.57. The monoisotopic (exact) mass is 328 g/mol. The van der Waals surface area contributed by atoms with E-state index < -0.39 is 0 Å². The van der Waals surface area contributed by atoms with E-state index in [-0.39, 0.29) is 64.3 Å². The van der Waals surface area contributed by atoms with E-state index in [1.54, 1.807) is 30.3 Å². The third-order valence-corrected chi connectivity index (χ3v) is 2.80. The molecule has 0 fully saturated rings. The zero-order valence-electron chi connectivity index (χ0n) is 10.5. The number of halogens is 3. The molecule has 0 unspecified atom stereocenters. The number of hydrogen-bond donors (Lipinski definition) is 1. The number of phenols is 1. The van der Waals surface area contributed by atoms with Crippen molar-refractivity contribution in [1.29, 1.82) is 0 Å². The van der Waals surface area contributed by atoms with Gasteiger partial charge in [0.1, 0.15) is 5.75 Å². The zero-order valence-corrected chi connectivity index (χ0v) is 14.8. The van der Waals surface area contributed by atoms with Gasteiger partial charge in [0.05, 0.1) is 5.02 Å². The van der Waals surface area contributed by atoms with Crippen molar-refractivity contribution in [2.45, 2.75) is 0 Å². The van der Waals surface area contributed by atoms with E-state index in [0.29, 0.717) is 20.8 Å². The first-order valence-corrected chi connectivity index (χ1v) is 5.81. The molecule has 0 aliphatic heterocycles. The largest absolute Gasteiger partial charge is 1.00 e. The summed E-state index contributed by atoms with van der Waals surface area (Å²) in [6.07, 6.45) is 0. The predicted octanol–water partition coefficient (Wildman–Crippen LogP) is 2.26. The van der Waals surface area contributed by atoms with Gasteiger partial charge >= 0.3 is 51.4 Å². The second-order valence-electron chi connectivity index (χ2n) is 3.29. The molecule has 0 aromatic heterocycles. The third-order valence-electron chi connectivity index (χ3n) is 2.03. The Morgan fingerprint density at radius 3 is 2.00 bits per heavy atom. The summed E-state index contributed by atoms with van der Waals surface area (Å²) in [6, 6.07) is 9.39. The van der Waals surface area contributed by atoms with Crippen molar-refractivity contribution in [2.24, 2.45) is 0 Å². The minimum atomic E-state index is -0.0523. The smallest absolute Gasteiger partial charge is 1.00 e. The number of hydrogen-bond acceptors (Lipinski definition) is 2. The van der Waals surface area contributed by atoms with Crippen LogP contribution in [0.25, 0.3) is 0 Å². The van der Waals surface area contributed by atoms with Crippen molar-refractivity contribution in [1.82, 2.24) is 0 Å². The summed E-state index contributed by atoms with van der Waals surface area (Å²) in [6.45, 7) is 0. The molecule has 1 N–H and O–H groups in total. The van der Waals surface area contributed by atoms with Gasteiger partial charge in [-0.2, -0.15) is 0 Å². The van der Waals surface area contributed by atoms with E-state index >= 15 is 0 Å². The molecule has 0 amide bonds. The quantitative estimate of drug-likeness (QED) is 0.857. The Morgan fingerprint density at radius 1 is 0.889 bits per heavy atom. The molecule has 2 aromatic carbocycles. The SMILES string of the molecule is Oc1cc(Cl)ccc1Oc1ccc(Cl)cc1Cl.[H-].[K+]. The summed E-state index contributed by atoms with van der Waals surface area (Å²) in [5.41, 5.74) is 0. The Hall–Kier alpha value is 0.546. The van der Waals surface area contributed by atoms with Crippen molar-refractivity contribution in [3.63, 3.8) is 0 Å². The Balaban J connectivity index is 0.00000162. The first-order chi connectivity index (χ1) is 8.06. The normalized spacial score (nSPS) is 9.72. The van der Waals surface area contributed by atoms with Crippen LogP contribution < -0.4 is 56.1 Å². The van der Waals surface area contributed by atoms with Gasteiger partial charge in [-0.15, -0.1) is 0 Å². The number of benzene rings is 2. The zero-order chi connectivity index (χ0) is 12.4. The molecular weight excluding hydrogens is 322 g/mol. The van der Waals surface area contributed by atoms with Crippen LogP contribution in [0.5, 0.6) is 17.2 Å². The molecule has 2 rings (SSSR count). The maximum absolute atomic E-state index is 9.62. The van der Waals surface area contributed by atoms with E-state index in [0.717, 1.165) is 0 Å². The van der Waals surface area contributed by atoms with Crippen molar-refractivity contribution in [3.8, 4) is 17.2 Å². The fourth-order valence-corrected chi connectivity index (χ4v) is 1.87. The van der Waals surface area contributed by atoms with Gasteiger partial charge in [-0.05, 0) is 30.3 Å².